The Kier molecular flexibility index (Phi) is 4.58. The maximum atomic E-state index is 11.6. The molecule has 0 heterocycles. The van der Waals surface area contributed by atoms with Crippen LogP contribution >= 0.6 is 27.5 Å². The second-order valence-corrected chi connectivity index (χ2v) is 4.03. The van der Waals surface area contributed by atoms with Crippen molar-refractivity contribution in [2.45, 2.75) is 13.0 Å². The summed E-state index contributed by atoms with van der Waals surface area (Å²) in [5.74, 6) is 0.252. The maximum Gasteiger partial charge on any atom is 0.165 e. The van der Waals surface area contributed by atoms with E-state index < -0.39 is 0 Å². The first kappa shape index (κ1) is 11.7. The Morgan fingerprint density at radius 2 is 2.21 bits per heavy atom. The van der Waals surface area contributed by atoms with Crippen molar-refractivity contribution in [1.29, 1.82) is 0 Å². The van der Waals surface area contributed by atoms with Gasteiger partial charge in [0, 0.05) is 22.3 Å². The number of aliphatic hydroxyl groups is 1. The molecule has 0 saturated carbocycles. The Bertz CT molecular complexity index is 339. The van der Waals surface area contributed by atoms with Gasteiger partial charge in [0.25, 0.3) is 0 Å². The third-order valence-electron chi connectivity index (χ3n) is 1.87. The fraction of sp³-hybridized carbons (Fsp3) is 0.300. The zero-order valence-electron chi connectivity index (χ0n) is 7.46. The molecule has 1 N–H and O–H groups in total. The van der Waals surface area contributed by atoms with E-state index in [9.17, 15) is 4.79 Å². The summed E-state index contributed by atoms with van der Waals surface area (Å²) >= 11 is 8.78. The van der Waals surface area contributed by atoms with Crippen molar-refractivity contribution in [2.75, 3.05) is 5.88 Å². The number of alkyl halides is 1. The van der Waals surface area contributed by atoms with E-state index in [1.54, 1.807) is 18.2 Å². The normalized spacial score (nSPS) is 10.2. The summed E-state index contributed by atoms with van der Waals surface area (Å²) in [7, 11) is 0. The van der Waals surface area contributed by atoms with Gasteiger partial charge in [0.15, 0.2) is 5.78 Å². The molecule has 0 spiro atoms. The minimum Gasteiger partial charge on any atom is -0.392 e. The Morgan fingerprint density at radius 1 is 1.50 bits per heavy atom. The Hall–Kier alpha value is -0.380. The molecule has 76 valence electrons. The maximum absolute atomic E-state index is 11.6. The van der Waals surface area contributed by atoms with Gasteiger partial charge in [-0.2, -0.15) is 0 Å². The molecule has 0 aliphatic heterocycles. The number of hydrogen-bond donors (Lipinski definition) is 1. The highest BCUT2D eigenvalue weighted by Crippen LogP contribution is 2.22. The summed E-state index contributed by atoms with van der Waals surface area (Å²) in [6.07, 6.45) is 0.289. The summed E-state index contributed by atoms with van der Waals surface area (Å²) < 4.78 is 0.708. The molecule has 0 aliphatic rings. The molecule has 1 aromatic rings. The molecule has 0 radical (unpaired) electrons. The molecule has 4 heteroatoms. The van der Waals surface area contributed by atoms with Crippen molar-refractivity contribution in [1.82, 2.24) is 0 Å². The van der Waals surface area contributed by atoms with Gasteiger partial charge in [0.2, 0.25) is 0 Å². The van der Waals surface area contributed by atoms with Gasteiger partial charge in [-0.15, -0.1) is 11.6 Å². The molecule has 0 aromatic heterocycles. The van der Waals surface area contributed by atoms with Gasteiger partial charge < -0.3 is 5.11 Å². The number of halogens is 2. The largest absolute Gasteiger partial charge is 0.392 e. The van der Waals surface area contributed by atoms with E-state index in [0.717, 1.165) is 0 Å². The topological polar surface area (TPSA) is 37.3 Å². The number of ketones is 1. The van der Waals surface area contributed by atoms with Crippen molar-refractivity contribution in [3.05, 3.63) is 33.8 Å². The predicted octanol–water partition coefficient (Wildman–Crippen LogP) is 2.75. The fourth-order valence-corrected chi connectivity index (χ4v) is 2.02. The van der Waals surface area contributed by atoms with Crippen molar-refractivity contribution in [2.24, 2.45) is 0 Å². The van der Waals surface area contributed by atoms with Gasteiger partial charge in [0.1, 0.15) is 0 Å². The van der Waals surface area contributed by atoms with E-state index in [-0.39, 0.29) is 18.8 Å². The Balaban J connectivity index is 3.10. The van der Waals surface area contributed by atoms with Gasteiger partial charge in [-0.05, 0) is 11.6 Å². The van der Waals surface area contributed by atoms with Crippen LogP contribution in [0.1, 0.15) is 22.3 Å². The van der Waals surface area contributed by atoms with Gasteiger partial charge in [-0.3, -0.25) is 4.79 Å². The summed E-state index contributed by atoms with van der Waals surface area (Å²) in [6, 6.07) is 5.29. The van der Waals surface area contributed by atoms with Crippen LogP contribution in [0.15, 0.2) is 22.7 Å². The molecule has 1 aromatic carbocycles. The van der Waals surface area contributed by atoms with Gasteiger partial charge in [-0.1, -0.05) is 28.1 Å². The fourth-order valence-electron chi connectivity index (χ4n) is 1.22. The molecule has 2 nitrogen and oxygen atoms in total. The first-order valence-corrected chi connectivity index (χ1v) is 5.51. The summed E-state index contributed by atoms with van der Waals surface area (Å²) in [5, 5.41) is 9.05. The van der Waals surface area contributed by atoms with Crippen molar-refractivity contribution in [3.63, 3.8) is 0 Å². The third-order valence-corrected chi connectivity index (χ3v) is 2.72. The van der Waals surface area contributed by atoms with Crippen molar-refractivity contribution >= 4 is 33.3 Å². The second-order valence-electron chi connectivity index (χ2n) is 2.79. The van der Waals surface area contributed by atoms with Gasteiger partial charge >= 0.3 is 0 Å². The Labute approximate surface area is 96.0 Å². The lowest BCUT2D eigenvalue weighted by atomic mass is 10.0. The molecule has 1 rings (SSSR count). The van der Waals surface area contributed by atoms with Crippen molar-refractivity contribution < 1.29 is 9.90 Å². The number of carbonyl (C=O) groups is 1. The lowest BCUT2D eigenvalue weighted by molar-refractivity contribution is 0.0985. The summed E-state index contributed by atoms with van der Waals surface area (Å²) in [5.41, 5.74) is 1.17. The molecule has 0 fully saturated rings. The lowest BCUT2D eigenvalue weighted by Crippen LogP contribution is -2.05. The highest BCUT2D eigenvalue weighted by molar-refractivity contribution is 9.10. The molecule has 0 atom stereocenters. The number of carbonyl (C=O) groups excluding carboxylic acids is 1. The third kappa shape index (κ3) is 2.56. The van der Waals surface area contributed by atoms with Crippen LogP contribution in [-0.2, 0) is 6.61 Å². The van der Waals surface area contributed by atoms with Crippen LogP contribution in [0.2, 0.25) is 0 Å². The minimum atomic E-state index is -0.136. The predicted molar refractivity (Wildman–Crippen MR) is 59.7 cm³/mol. The Morgan fingerprint density at radius 3 is 2.79 bits per heavy atom. The first-order valence-electron chi connectivity index (χ1n) is 4.18. The van der Waals surface area contributed by atoms with E-state index in [1.165, 1.54) is 0 Å². The van der Waals surface area contributed by atoms with E-state index in [2.05, 4.69) is 15.9 Å². The highest BCUT2D eigenvalue weighted by atomic mass is 79.9. The van der Waals surface area contributed by atoms with Crippen LogP contribution in [0, 0.1) is 0 Å². The molecule has 0 amide bonds. The number of rotatable bonds is 4. The smallest absolute Gasteiger partial charge is 0.165 e. The van der Waals surface area contributed by atoms with Crippen LogP contribution < -0.4 is 0 Å². The zero-order valence-corrected chi connectivity index (χ0v) is 9.81. The van der Waals surface area contributed by atoms with Gasteiger partial charge in [-0.25, -0.2) is 0 Å². The van der Waals surface area contributed by atoms with E-state index >= 15 is 0 Å². The second kappa shape index (κ2) is 5.49. The lowest BCUT2D eigenvalue weighted by Gasteiger charge is -2.07. The molecule has 14 heavy (non-hydrogen) atoms. The van der Waals surface area contributed by atoms with Crippen LogP contribution in [0.3, 0.4) is 0 Å². The standard InChI is InChI=1S/C10H10BrClO2/c11-8-3-1-2-7(6-13)10(8)9(14)4-5-12/h1-3,13H,4-6H2. The monoisotopic (exact) mass is 276 g/mol. The SMILES string of the molecule is O=C(CCCl)c1c(Br)cccc1CO. The number of aliphatic hydroxyl groups excluding tert-OH is 1. The van der Waals surface area contributed by atoms with Crippen LogP contribution in [0.25, 0.3) is 0 Å². The first-order chi connectivity index (χ1) is 6.70. The number of benzene rings is 1. The van der Waals surface area contributed by atoms with E-state index in [1.807, 2.05) is 0 Å². The molecule has 0 aliphatic carbocycles. The quantitative estimate of drug-likeness (QED) is 0.679. The number of hydrogen-bond acceptors (Lipinski definition) is 2. The zero-order chi connectivity index (χ0) is 10.6. The summed E-state index contributed by atoms with van der Waals surface area (Å²) in [4.78, 5) is 11.6. The molecular formula is C10H10BrClO2. The molecular weight excluding hydrogens is 267 g/mol. The molecule has 0 unspecified atom stereocenters. The molecule has 0 bridgehead atoms. The highest BCUT2D eigenvalue weighted by Gasteiger charge is 2.13. The summed E-state index contributed by atoms with van der Waals surface area (Å²) in [6.45, 7) is -0.136. The van der Waals surface area contributed by atoms with E-state index in [0.29, 0.717) is 21.5 Å². The minimum absolute atomic E-state index is 0.0449. The van der Waals surface area contributed by atoms with Gasteiger partial charge in [0.05, 0.1) is 6.61 Å². The van der Waals surface area contributed by atoms with E-state index in [4.69, 9.17) is 16.7 Å². The molecule has 0 saturated heterocycles. The average Bonchev–Trinajstić information content (AvgIpc) is 2.17. The van der Waals surface area contributed by atoms with Crippen LogP contribution in [0.5, 0.6) is 0 Å². The number of Topliss-reactive ketones (excluding diaryl/α,β-unsaturated/α-hetero) is 1. The average molecular weight is 278 g/mol. The van der Waals surface area contributed by atoms with Crippen LogP contribution in [0.4, 0.5) is 0 Å². The van der Waals surface area contributed by atoms with Crippen molar-refractivity contribution in [3.8, 4) is 0 Å². The van der Waals surface area contributed by atoms with Crippen LogP contribution in [-0.4, -0.2) is 16.8 Å².